The third-order valence-corrected chi connectivity index (χ3v) is 8.16. The van der Waals surface area contributed by atoms with Gasteiger partial charge in [-0.15, -0.1) is 0 Å². The van der Waals surface area contributed by atoms with E-state index in [9.17, 15) is 19.2 Å². The summed E-state index contributed by atoms with van der Waals surface area (Å²) in [5.41, 5.74) is 1.28. The summed E-state index contributed by atoms with van der Waals surface area (Å²) in [6, 6.07) is 24.3. The first-order valence-corrected chi connectivity index (χ1v) is 14.5. The van der Waals surface area contributed by atoms with E-state index in [1.807, 2.05) is 12.1 Å². The Morgan fingerprint density at radius 1 is 0.450 bits per heavy atom. The molecule has 5 rings (SSSR count). The summed E-state index contributed by atoms with van der Waals surface area (Å²) in [4.78, 5) is 58.7. The Bertz CT molecular complexity index is 1240. The van der Waals surface area contributed by atoms with E-state index < -0.39 is 11.8 Å². The fraction of sp³-hybridized carbons (Fsp3) is 0.353. The SMILES string of the molecule is O=C(c1ccccc1)N(C(=O)C1CCCCC1)c1ccccc1N(C(=O)c1ccccc1)C(=O)C1CCCCC1. The summed E-state index contributed by atoms with van der Waals surface area (Å²) in [5.74, 6) is -2.05. The number of carbonyl (C=O) groups is 4. The van der Waals surface area contributed by atoms with Gasteiger partial charge in [0.2, 0.25) is 11.8 Å². The molecule has 0 saturated heterocycles. The number of rotatable bonds is 6. The smallest absolute Gasteiger partial charge is 0.265 e. The molecule has 0 radical (unpaired) electrons. The molecule has 3 aromatic carbocycles. The summed E-state index contributed by atoms with van der Waals surface area (Å²) in [6.07, 6.45) is 8.74. The van der Waals surface area contributed by atoms with Crippen molar-refractivity contribution in [3.8, 4) is 0 Å². The number of para-hydroxylation sites is 2. The van der Waals surface area contributed by atoms with Crippen molar-refractivity contribution < 1.29 is 19.2 Å². The number of hydrogen-bond acceptors (Lipinski definition) is 4. The molecule has 0 atom stereocenters. The van der Waals surface area contributed by atoms with E-state index in [-0.39, 0.29) is 35.0 Å². The zero-order chi connectivity index (χ0) is 27.9. The van der Waals surface area contributed by atoms with Crippen molar-refractivity contribution in [3.05, 3.63) is 96.1 Å². The lowest BCUT2D eigenvalue weighted by Gasteiger charge is -2.33. The molecule has 6 heteroatoms. The monoisotopic (exact) mass is 536 g/mol. The van der Waals surface area contributed by atoms with Crippen LogP contribution in [-0.2, 0) is 9.59 Å². The summed E-state index contributed by atoms with van der Waals surface area (Å²) in [6.45, 7) is 0. The quantitative estimate of drug-likeness (QED) is 0.312. The van der Waals surface area contributed by atoms with E-state index >= 15 is 0 Å². The van der Waals surface area contributed by atoms with Gasteiger partial charge < -0.3 is 0 Å². The van der Waals surface area contributed by atoms with Crippen molar-refractivity contribution in [2.75, 3.05) is 9.80 Å². The Balaban J connectivity index is 1.63. The highest BCUT2D eigenvalue weighted by molar-refractivity contribution is 6.27. The highest BCUT2D eigenvalue weighted by Gasteiger charge is 2.38. The van der Waals surface area contributed by atoms with Gasteiger partial charge in [0.1, 0.15) is 0 Å². The van der Waals surface area contributed by atoms with Gasteiger partial charge in [-0.3, -0.25) is 19.2 Å². The van der Waals surface area contributed by atoms with Crippen LogP contribution in [0.3, 0.4) is 0 Å². The number of hydrogen-bond donors (Lipinski definition) is 0. The molecule has 0 heterocycles. The van der Waals surface area contributed by atoms with Gasteiger partial charge in [0.25, 0.3) is 11.8 Å². The Hall–Kier alpha value is -4.06. The van der Waals surface area contributed by atoms with E-state index in [0.717, 1.165) is 38.5 Å². The van der Waals surface area contributed by atoms with Crippen LogP contribution in [0.2, 0.25) is 0 Å². The minimum Gasteiger partial charge on any atom is -0.274 e. The Labute approximate surface area is 236 Å². The fourth-order valence-corrected chi connectivity index (χ4v) is 5.98. The molecular formula is C34H36N2O4. The number of benzene rings is 3. The molecule has 0 N–H and O–H groups in total. The zero-order valence-corrected chi connectivity index (χ0v) is 22.8. The van der Waals surface area contributed by atoms with Gasteiger partial charge in [-0.1, -0.05) is 87.1 Å². The van der Waals surface area contributed by atoms with E-state index in [1.54, 1.807) is 72.8 Å². The first-order chi connectivity index (χ1) is 19.6. The number of amides is 4. The summed E-state index contributed by atoms with van der Waals surface area (Å²) in [5, 5.41) is 0. The number of nitrogens with zero attached hydrogens (tertiary/aromatic N) is 2. The van der Waals surface area contributed by atoms with Crippen molar-refractivity contribution in [3.63, 3.8) is 0 Å². The molecule has 0 unspecified atom stereocenters. The molecule has 2 aliphatic rings. The second-order valence-corrected chi connectivity index (χ2v) is 10.8. The average Bonchev–Trinajstić information content (AvgIpc) is 3.03. The van der Waals surface area contributed by atoms with Gasteiger partial charge in [-0.25, -0.2) is 9.80 Å². The molecule has 206 valence electrons. The molecule has 0 aromatic heterocycles. The van der Waals surface area contributed by atoms with E-state index in [0.29, 0.717) is 36.8 Å². The number of anilines is 2. The molecule has 0 spiro atoms. The zero-order valence-electron chi connectivity index (χ0n) is 22.8. The molecule has 2 fully saturated rings. The highest BCUT2D eigenvalue weighted by Crippen LogP contribution is 2.37. The maximum Gasteiger partial charge on any atom is 0.265 e. The van der Waals surface area contributed by atoms with Crippen molar-refractivity contribution in [2.45, 2.75) is 64.2 Å². The Morgan fingerprint density at radius 3 is 1.12 bits per heavy atom. The molecular weight excluding hydrogens is 500 g/mol. The molecule has 2 aliphatic carbocycles. The summed E-state index contributed by atoms with van der Waals surface area (Å²) < 4.78 is 0. The fourth-order valence-electron chi connectivity index (χ4n) is 5.98. The predicted octanol–water partition coefficient (Wildman–Crippen LogP) is 7.19. The molecule has 0 aliphatic heterocycles. The van der Waals surface area contributed by atoms with Crippen LogP contribution in [0.5, 0.6) is 0 Å². The third-order valence-electron chi connectivity index (χ3n) is 8.16. The van der Waals surface area contributed by atoms with Gasteiger partial charge in [-0.2, -0.15) is 0 Å². The molecule has 6 nitrogen and oxygen atoms in total. The lowest BCUT2D eigenvalue weighted by molar-refractivity contribution is -0.123. The van der Waals surface area contributed by atoms with Crippen LogP contribution in [0.15, 0.2) is 84.9 Å². The lowest BCUT2D eigenvalue weighted by Crippen LogP contribution is -2.45. The second kappa shape index (κ2) is 12.9. The van der Waals surface area contributed by atoms with Gasteiger partial charge in [-0.05, 0) is 62.1 Å². The summed E-state index contributed by atoms with van der Waals surface area (Å²) >= 11 is 0. The molecule has 2 saturated carbocycles. The van der Waals surface area contributed by atoms with Crippen LogP contribution >= 0.6 is 0 Å². The van der Waals surface area contributed by atoms with Crippen molar-refractivity contribution in [1.82, 2.24) is 0 Å². The first kappa shape index (κ1) is 27.5. The Kier molecular flexibility index (Phi) is 8.84. The lowest BCUT2D eigenvalue weighted by atomic mass is 9.87. The van der Waals surface area contributed by atoms with Crippen LogP contribution in [0.25, 0.3) is 0 Å². The van der Waals surface area contributed by atoms with Crippen LogP contribution in [0.4, 0.5) is 11.4 Å². The van der Waals surface area contributed by atoms with Gasteiger partial charge in [0.05, 0.1) is 11.4 Å². The molecule has 40 heavy (non-hydrogen) atoms. The summed E-state index contributed by atoms with van der Waals surface area (Å²) in [7, 11) is 0. The molecule has 3 aromatic rings. The standard InChI is InChI=1S/C34H36N2O4/c37-31(25-15-5-1-6-16-25)35(32(38)26-17-7-2-8-18-26)29-23-13-14-24-30(29)36(33(39)27-19-9-3-10-20-27)34(40)28-21-11-4-12-22-28/h1,3,5-6,9-10,13-16,19-20,23-24,26,28H,2,4,7-8,11-12,17-18,21-22H2. The van der Waals surface area contributed by atoms with Crippen molar-refractivity contribution >= 4 is 35.0 Å². The molecule has 4 amide bonds. The normalized spacial score (nSPS) is 16.2. The Morgan fingerprint density at radius 2 is 0.775 bits per heavy atom. The van der Waals surface area contributed by atoms with Crippen LogP contribution < -0.4 is 9.80 Å². The average molecular weight is 537 g/mol. The van der Waals surface area contributed by atoms with E-state index in [1.165, 1.54) is 9.80 Å². The first-order valence-electron chi connectivity index (χ1n) is 14.5. The number of carbonyl (C=O) groups excluding carboxylic acids is 4. The predicted molar refractivity (Wildman–Crippen MR) is 156 cm³/mol. The minimum atomic E-state index is -0.458. The number of imide groups is 2. The van der Waals surface area contributed by atoms with Gasteiger partial charge in [0.15, 0.2) is 0 Å². The van der Waals surface area contributed by atoms with Crippen LogP contribution in [0, 0.1) is 11.8 Å². The molecule has 0 bridgehead atoms. The van der Waals surface area contributed by atoms with E-state index in [2.05, 4.69) is 0 Å². The maximum atomic E-state index is 14.1. The minimum absolute atomic E-state index is 0.264. The van der Waals surface area contributed by atoms with Crippen molar-refractivity contribution in [2.24, 2.45) is 11.8 Å². The topological polar surface area (TPSA) is 74.8 Å². The second-order valence-electron chi connectivity index (χ2n) is 10.8. The maximum absolute atomic E-state index is 14.1. The largest absolute Gasteiger partial charge is 0.274 e. The van der Waals surface area contributed by atoms with Crippen LogP contribution in [-0.4, -0.2) is 23.6 Å². The van der Waals surface area contributed by atoms with Crippen LogP contribution in [0.1, 0.15) is 84.9 Å². The van der Waals surface area contributed by atoms with Crippen molar-refractivity contribution in [1.29, 1.82) is 0 Å². The van der Waals surface area contributed by atoms with Gasteiger partial charge >= 0.3 is 0 Å². The highest BCUT2D eigenvalue weighted by atomic mass is 16.2. The third kappa shape index (κ3) is 5.91. The van der Waals surface area contributed by atoms with E-state index in [4.69, 9.17) is 0 Å². The van der Waals surface area contributed by atoms with Gasteiger partial charge in [0, 0.05) is 23.0 Å².